The van der Waals surface area contributed by atoms with Gasteiger partial charge in [-0.05, 0) is 99.3 Å². The second-order valence-corrected chi connectivity index (χ2v) is 19.4. The second-order valence-electron chi connectivity index (χ2n) is 17.3. The van der Waals surface area contributed by atoms with Crippen LogP contribution in [0, 0.1) is 15.5 Å². The van der Waals surface area contributed by atoms with Crippen molar-refractivity contribution in [2.45, 2.75) is 50.5 Å². The zero-order valence-corrected chi connectivity index (χ0v) is 36.8. The van der Waals surface area contributed by atoms with E-state index in [9.17, 15) is 23.3 Å². The van der Waals surface area contributed by atoms with Crippen molar-refractivity contribution in [1.29, 1.82) is 0 Å². The van der Waals surface area contributed by atoms with Crippen LogP contribution in [0.3, 0.4) is 0 Å². The SMILES string of the molecule is CN(C)CC[C@@H]1COc2cc(S(=O)(=O)NC(=O)c3ccc(N4CCN(CC5=C(c6ccc(Cl)cc6)CC(C)(C)CC5)CC4)cc3Oc3cnc4[nH]ccc4c3)cc([N+](=O)[O-])c2N1. The van der Waals surface area contributed by atoms with Gasteiger partial charge in [0.05, 0.1) is 27.6 Å². The van der Waals surface area contributed by atoms with E-state index in [-0.39, 0.29) is 40.8 Å². The number of nitro groups is 1. The van der Waals surface area contributed by atoms with Crippen molar-refractivity contribution < 1.29 is 27.6 Å². The summed E-state index contributed by atoms with van der Waals surface area (Å²) in [5.41, 5.74) is 5.33. The minimum atomic E-state index is -4.64. The Kier molecular flexibility index (Phi) is 12.2. The number of anilines is 2. The Morgan fingerprint density at radius 3 is 2.60 bits per heavy atom. The number of hydrogen-bond donors (Lipinski definition) is 3. The van der Waals surface area contributed by atoms with E-state index in [1.165, 1.54) is 35.0 Å². The van der Waals surface area contributed by atoms with Crippen molar-refractivity contribution in [2.24, 2.45) is 5.41 Å². The molecule has 2 aliphatic heterocycles. The molecule has 0 bridgehead atoms. The van der Waals surface area contributed by atoms with Crippen molar-refractivity contribution in [2.75, 3.05) is 70.2 Å². The first-order chi connectivity index (χ1) is 29.6. The van der Waals surface area contributed by atoms with E-state index >= 15 is 0 Å². The second kappa shape index (κ2) is 17.6. The fourth-order valence-electron chi connectivity index (χ4n) is 8.36. The summed E-state index contributed by atoms with van der Waals surface area (Å²) in [6, 6.07) is 18.7. The molecule has 3 aliphatic rings. The maximum Gasteiger partial charge on any atom is 0.297 e. The maximum absolute atomic E-state index is 14.0. The summed E-state index contributed by atoms with van der Waals surface area (Å²) in [6.45, 7) is 9.50. The summed E-state index contributed by atoms with van der Waals surface area (Å²) < 4.78 is 41.9. The lowest BCUT2D eigenvalue weighted by Crippen LogP contribution is -2.47. The Morgan fingerprint density at radius 1 is 1.08 bits per heavy atom. The number of aromatic nitrogens is 2. The lowest BCUT2D eigenvalue weighted by atomic mass is 9.72. The Labute approximate surface area is 366 Å². The number of H-pyrrole nitrogens is 1. The molecule has 17 heteroatoms. The lowest BCUT2D eigenvalue weighted by molar-refractivity contribution is -0.384. The van der Waals surface area contributed by atoms with Crippen LogP contribution in [-0.4, -0.2) is 105 Å². The number of piperazine rings is 1. The fourth-order valence-corrected chi connectivity index (χ4v) is 9.48. The number of rotatable bonds is 13. The third-order valence-electron chi connectivity index (χ3n) is 11.8. The number of carbonyl (C=O) groups is 1. The molecule has 1 atom stereocenters. The van der Waals surface area contributed by atoms with Gasteiger partial charge in [-0.15, -0.1) is 0 Å². The number of benzene rings is 3. The summed E-state index contributed by atoms with van der Waals surface area (Å²) >= 11 is 6.24. The molecule has 3 aromatic carbocycles. The Hall–Kier alpha value is -5.68. The van der Waals surface area contributed by atoms with Gasteiger partial charge in [0.1, 0.15) is 23.8 Å². The van der Waals surface area contributed by atoms with Crippen LogP contribution >= 0.6 is 11.6 Å². The fraction of sp³-hybridized carbons (Fsp3) is 0.378. The number of aromatic amines is 1. The average Bonchev–Trinajstić information content (AvgIpc) is 3.71. The highest BCUT2D eigenvalue weighted by molar-refractivity contribution is 7.90. The summed E-state index contributed by atoms with van der Waals surface area (Å²) in [4.78, 5) is 39.2. The van der Waals surface area contributed by atoms with Crippen LogP contribution in [0.1, 0.15) is 55.5 Å². The molecule has 1 amide bonds. The number of hydrogen-bond acceptors (Lipinski definition) is 12. The van der Waals surface area contributed by atoms with Crippen LogP contribution in [0.2, 0.25) is 5.02 Å². The molecule has 326 valence electrons. The molecule has 5 aromatic rings. The van der Waals surface area contributed by atoms with Gasteiger partial charge in [0.2, 0.25) is 0 Å². The molecule has 0 spiro atoms. The maximum atomic E-state index is 14.0. The van der Waals surface area contributed by atoms with Gasteiger partial charge in [-0.3, -0.25) is 19.8 Å². The number of ether oxygens (including phenoxy) is 2. The molecule has 0 unspecified atom stereocenters. The molecular formula is C45H51ClN8O7S. The summed E-state index contributed by atoms with van der Waals surface area (Å²) in [6.07, 6.45) is 7.11. The third kappa shape index (κ3) is 9.68. The van der Waals surface area contributed by atoms with Crippen LogP contribution in [0.15, 0.2) is 89.6 Å². The zero-order chi connectivity index (χ0) is 43.8. The van der Waals surface area contributed by atoms with E-state index in [4.69, 9.17) is 21.1 Å². The molecular weight excluding hydrogens is 832 g/mol. The third-order valence-corrected chi connectivity index (χ3v) is 13.4. The minimum absolute atomic E-state index is 0.00987. The zero-order valence-electron chi connectivity index (χ0n) is 35.2. The first kappa shape index (κ1) is 43.0. The highest BCUT2D eigenvalue weighted by Gasteiger charge is 2.33. The van der Waals surface area contributed by atoms with Gasteiger partial charge in [0.25, 0.3) is 21.6 Å². The molecule has 0 saturated carbocycles. The number of nitrogens with one attached hydrogen (secondary N) is 3. The average molecular weight is 883 g/mol. The minimum Gasteiger partial charge on any atom is -0.489 e. The van der Waals surface area contributed by atoms with Crippen molar-refractivity contribution in [3.8, 4) is 17.2 Å². The van der Waals surface area contributed by atoms with E-state index in [0.717, 1.165) is 74.1 Å². The van der Waals surface area contributed by atoms with Crippen molar-refractivity contribution >= 4 is 61.2 Å². The van der Waals surface area contributed by atoms with Crippen LogP contribution < -0.4 is 24.4 Å². The number of nitrogens with zero attached hydrogens (tertiary/aromatic N) is 5. The van der Waals surface area contributed by atoms with E-state index in [2.05, 4.69) is 55.8 Å². The molecule has 3 N–H and O–H groups in total. The highest BCUT2D eigenvalue weighted by Crippen LogP contribution is 2.44. The standard InChI is InChI=1S/C45H51ClN8O7S/c1-45(2)14-11-31(38(25-45)29-5-7-32(46)8-6-29)27-52-17-19-53(20-18-52)34-9-10-37(40(22-34)61-35-21-30-12-15-47-43(30)48-26-35)44(55)50-62(58,59)36-23-39(54(56)57)42-41(24-36)60-28-33(49-42)13-16-51(3)4/h5-10,12,15,21-24,26,33,49H,11,13-14,16-20,25,27-28H2,1-4H3,(H,47,48)(H,50,55)/t33-/m1/s1. The quantitative estimate of drug-likeness (QED) is 0.0770. The number of nitro benzene ring substituents is 1. The molecule has 1 fully saturated rings. The number of sulfonamides is 1. The number of allylic oxidation sites excluding steroid dienone is 1. The summed E-state index contributed by atoms with van der Waals surface area (Å²) in [5, 5.41) is 16.9. The van der Waals surface area contributed by atoms with E-state index in [1.54, 1.807) is 24.4 Å². The number of pyridine rings is 1. The number of fused-ring (bicyclic) bond motifs is 2. The number of carbonyl (C=O) groups excluding carboxylic acids is 1. The van der Waals surface area contributed by atoms with E-state index < -0.39 is 31.4 Å². The van der Waals surface area contributed by atoms with Gasteiger partial charge in [-0.2, -0.15) is 0 Å². The molecule has 2 aromatic heterocycles. The van der Waals surface area contributed by atoms with Crippen LogP contribution in [0.25, 0.3) is 16.6 Å². The van der Waals surface area contributed by atoms with Gasteiger partial charge in [-0.1, -0.05) is 43.2 Å². The van der Waals surface area contributed by atoms with Crippen molar-refractivity contribution in [3.63, 3.8) is 0 Å². The smallest absolute Gasteiger partial charge is 0.297 e. The van der Waals surface area contributed by atoms with Crippen LogP contribution in [0.5, 0.6) is 17.2 Å². The number of amides is 1. The molecule has 1 aliphatic carbocycles. The monoisotopic (exact) mass is 882 g/mol. The molecule has 62 heavy (non-hydrogen) atoms. The first-order valence-corrected chi connectivity index (χ1v) is 22.6. The van der Waals surface area contributed by atoms with Gasteiger partial charge < -0.3 is 29.6 Å². The summed E-state index contributed by atoms with van der Waals surface area (Å²) in [5.74, 6) is -0.508. The van der Waals surface area contributed by atoms with Crippen LogP contribution in [0.4, 0.5) is 17.1 Å². The molecule has 8 rings (SSSR count). The topological polar surface area (TPSA) is 175 Å². The van der Waals surface area contributed by atoms with E-state index in [0.29, 0.717) is 24.4 Å². The van der Waals surface area contributed by atoms with Crippen LogP contribution in [-0.2, 0) is 10.0 Å². The Morgan fingerprint density at radius 2 is 1.85 bits per heavy atom. The van der Waals surface area contributed by atoms with Gasteiger partial charge in [0.15, 0.2) is 11.4 Å². The van der Waals surface area contributed by atoms with Crippen molar-refractivity contribution in [3.05, 3.63) is 111 Å². The van der Waals surface area contributed by atoms with E-state index in [1.807, 2.05) is 37.2 Å². The van der Waals surface area contributed by atoms with Gasteiger partial charge >= 0.3 is 0 Å². The van der Waals surface area contributed by atoms with Gasteiger partial charge in [0, 0.05) is 73.2 Å². The van der Waals surface area contributed by atoms with Gasteiger partial charge in [-0.25, -0.2) is 18.1 Å². The highest BCUT2D eigenvalue weighted by atomic mass is 35.5. The Balaban J connectivity index is 1.02. The first-order valence-electron chi connectivity index (χ1n) is 20.7. The number of halogens is 1. The van der Waals surface area contributed by atoms with Crippen molar-refractivity contribution in [1.82, 2.24) is 24.5 Å². The predicted octanol–water partition coefficient (Wildman–Crippen LogP) is 7.95. The predicted molar refractivity (Wildman–Crippen MR) is 241 cm³/mol. The largest absolute Gasteiger partial charge is 0.489 e. The summed E-state index contributed by atoms with van der Waals surface area (Å²) in [7, 11) is -0.793. The molecule has 4 heterocycles. The molecule has 15 nitrogen and oxygen atoms in total. The Bertz CT molecular complexity index is 2640. The lowest BCUT2D eigenvalue weighted by Gasteiger charge is -2.39. The molecule has 0 radical (unpaired) electrons. The molecule has 1 saturated heterocycles. The normalized spacial score (nSPS) is 18.0.